The minimum absolute atomic E-state index is 0.0239. The van der Waals surface area contributed by atoms with Crippen LogP contribution in [0.1, 0.15) is 12.5 Å². The summed E-state index contributed by atoms with van der Waals surface area (Å²) in [6, 6.07) is 13.2. The topological polar surface area (TPSA) is 92.1 Å². The quantitative estimate of drug-likeness (QED) is 0.754. The molecular weight excluding hydrogens is 346 g/mol. The molecule has 8 heteroatoms. The van der Waals surface area contributed by atoms with Crippen molar-refractivity contribution in [3.63, 3.8) is 0 Å². The van der Waals surface area contributed by atoms with E-state index in [-0.39, 0.29) is 15.6 Å². The van der Waals surface area contributed by atoms with Crippen LogP contribution in [0.25, 0.3) is 10.2 Å². The lowest BCUT2D eigenvalue weighted by atomic mass is 10.2. The molecule has 0 aliphatic heterocycles. The fraction of sp³-hybridized carbons (Fsp3) is 0.125. The molecule has 1 heterocycles. The van der Waals surface area contributed by atoms with Gasteiger partial charge in [0.05, 0.1) is 33.4 Å². The van der Waals surface area contributed by atoms with Gasteiger partial charge in [0, 0.05) is 0 Å². The number of nitrogens with zero attached hydrogens (tertiary/aromatic N) is 2. The molecule has 0 saturated carbocycles. The second kappa shape index (κ2) is 6.47. The fourth-order valence-electron chi connectivity index (χ4n) is 2.11. The van der Waals surface area contributed by atoms with E-state index in [2.05, 4.69) is 9.71 Å². The van der Waals surface area contributed by atoms with Crippen LogP contribution in [0.15, 0.2) is 47.4 Å². The van der Waals surface area contributed by atoms with Crippen LogP contribution in [0, 0.1) is 11.3 Å². The van der Waals surface area contributed by atoms with Gasteiger partial charge in [-0.05, 0) is 43.3 Å². The molecule has 0 radical (unpaired) electrons. The Hall–Kier alpha value is -2.63. The number of sulfonamides is 1. The van der Waals surface area contributed by atoms with Gasteiger partial charge in [-0.15, -0.1) is 0 Å². The molecule has 122 valence electrons. The van der Waals surface area contributed by atoms with E-state index in [1.165, 1.54) is 29.5 Å². The van der Waals surface area contributed by atoms with Crippen LogP contribution in [0.2, 0.25) is 0 Å². The standard InChI is InChI=1S/C16H13N3O3S2/c1-2-22-12-6-7-14-15(9-12)23-16(18-14)19-24(20,21)13-5-3-4-11(8-13)10-17/h3-9H,2H2,1H3,(H,18,19). The van der Waals surface area contributed by atoms with Gasteiger partial charge in [0.25, 0.3) is 10.0 Å². The summed E-state index contributed by atoms with van der Waals surface area (Å²) < 4.78 is 33.6. The number of thiazole rings is 1. The summed E-state index contributed by atoms with van der Waals surface area (Å²) in [5.74, 6) is 0.713. The van der Waals surface area contributed by atoms with Crippen LogP contribution in [0.4, 0.5) is 5.13 Å². The minimum Gasteiger partial charge on any atom is -0.494 e. The molecule has 0 saturated heterocycles. The summed E-state index contributed by atoms with van der Waals surface area (Å²) in [5, 5.41) is 9.16. The number of benzene rings is 2. The molecule has 0 unspecified atom stereocenters. The highest BCUT2D eigenvalue weighted by Crippen LogP contribution is 2.30. The Labute approximate surface area is 143 Å². The third-order valence-corrected chi connectivity index (χ3v) is 5.57. The average Bonchev–Trinajstić information content (AvgIpc) is 2.96. The van der Waals surface area contributed by atoms with Crippen LogP contribution in [0.5, 0.6) is 5.75 Å². The first-order valence-corrected chi connectivity index (χ1v) is 9.38. The van der Waals surface area contributed by atoms with Gasteiger partial charge in [0.2, 0.25) is 0 Å². The Morgan fingerprint density at radius 3 is 2.88 bits per heavy atom. The Bertz CT molecular complexity index is 1040. The SMILES string of the molecule is CCOc1ccc2nc(NS(=O)(=O)c3cccc(C#N)c3)sc2c1. The molecule has 2 aromatic carbocycles. The highest BCUT2D eigenvalue weighted by atomic mass is 32.2. The molecule has 0 aliphatic rings. The Kier molecular flexibility index (Phi) is 4.38. The number of rotatable bonds is 5. The number of aromatic nitrogens is 1. The lowest BCUT2D eigenvalue weighted by Crippen LogP contribution is -2.12. The number of nitrogens with one attached hydrogen (secondary N) is 1. The maximum absolute atomic E-state index is 12.4. The molecule has 1 N–H and O–H groups in total. The predicted molar refractivity (Wildman–Crippen MR) is 92.8 cm³/mol. The molecule has 6 nitrogen and oxygen atoms in total. The van der Waals surface area contributed by atoms with Gasteiger partial charge in [-0.3, -0.25) is 4.72 Å². The molecule has 3 rings (SSSR count). The first-order valence-electron chi connectivity index (χ1n) is 7.08. The van der Waals surface area contributed by atoms with Gasteiger partial charge in [-0.1, -0.05) is 17.4 Å². The molecular formula is C16H13N3O3S2. The largest absolute Gasteiger partial charge is 0.494 e. The van der Waals surface area contributed by atoms with Crippen molar-refractivity contribution < 1.29 is 13.2 Å². The summed E-state index contributed by atoms with van der Waals surface area (Å²) in [5.41, 5.74) is 0.968. The zero-order chi connectivity index (χ0) is 17.2. The molecule has 3 aromatic rings. The third-order valence-electron chi connectivity index (χ3n) is 3.17. The molecule has 0 amide bonds. The number of ether oxygens (including phenoxy) is 1. The summed E-state index contributed by atoms with van der Waals surface area (Å²) in [6.07, 6.45) is 0. The van der Waals surface area contributed by atoms with E-state index in [1.54, 1.807) is 18.2 Å². The van der Waals surface area contributed by atoms with Crippen molar-refractivity contribution in [1.29, 1.82) is 5.26 Å². The molecule has 0 aliphatic carbocycles. The number of fused-ring (bicyclic) bond motifs is 1. The van der Waals surface area contributed by atoms with E-state index < -0.39 is 10.0 Å². The molecule has 0 atom stereocenters. The van der Waals surface area contributed by atoms with Crippen LogP contribution in [0.3, 0.4) is 0 Å². The van der Waals surface area contributed by atoms with Crippen molar-refractivity contribution in [3.8, 4) is 11.8 Å². The Balaban J connectivity index is 1.92. The lowest BCUT2D eigenvalue weighted by molar-refractivity contribution is 0.341. The second-order valence-electron chi connectivity index (χ2n) is 4.83. The van der Waals surface area contributed by atoms with Gasteiger partial charge in [0.1, 0.15) is 5.75 Å². The van der Waals surface area contributed by atoms with E-state index in [0.29, 0.717) is 17.9 Å². The van der Waals surface area contributed by atoms with Gasteiger partial charge in [-0.2, -0.15) is 5.26 Å². The maximum Gasteiger partial charge on any atom is 0.263 e. The second-order valence-corrected chi connectivity index (χ2v) is 7.54. The highest BCUT2D eigenvalue weighted by molar-refractivity contribution is 7.93. The zero-order valence-electron chi connectivity index (χ0n) is 12.7. The summed E-state index contributed by atoms with van der Waals surface area (Å²) in [4.78, 5) is 4.30. The molecule has 0 bridgehead atoms. The van der Waals surface area contributed by atoms with Crippen molar-refractivity contribution in [2.75, 3.05) is 11.3 Å². The van der Waals surface area contributed by atoms with E-state index in [0.717, 1.165) is 4.70 Å². The first kappa shape index (κ1) is 16.2. The number of hydrogen-bond acceptors (Lipinski definition) is 6. The van der Waals surface area contributed by atoms with Crippen molar-refractivity contribution >= 4 is 36.7 Å². The van der Waals surface area contributed by atoms with Crippen molar-refractivity contribution in [2.45, 2.75) is 11.8 Å². The average molecular weight is 359 g/mol. The molecule has 0 fully saturated rings. The van der Waals surface area contributed by atoms with E-state index >= 15 is 0 Å². The molecule has 1 aromatic heterocycles. The third kappa shape index (κ3) is 3.32. The van der Waals surface area contributed by atoms with E-state index in [4.69, 9.17) is 10.00 Å². The van der Waals surface area contributed by atoms with E-state index in [9.17, 15) is 8.42 Å². The molecule has 24 heavy (non-hydrogen) atoms. The molecule has 0 spiro atoms. The van der Waals surface area contributed by atoms with Gasteiger partial charge in [-0.25, -0.2) is 13.4 Å². The normalized spacial score (nSPS) is 11.2. The van der Waals surface area contributed by atoms with Gasteiger partial charge >= 0.3 is 0 Å². The van der Waals surface area contributed by atoms with Gasteiger partial charge < -0.3 is 4.74 Å². The Morgan fingerprint density at radius 1 is 1.29 bits per heavy atom. The maximum atomic E-state index is 12.4. The number of anilines is 1. The van der Waals surface area contributed by atoms with Crippen molar-refractivity contribution in [2.24, 2.45) is 0 Å². The van der Waals surface area contributed by atoms with Crippen LogP contribution >= 0.6 is 11.3 Å². The summed E-state index contributed by atoms with van der Waals surface area (Å²) >= 11 is 1.22. The van der Waals surface area contributed by atoms with E-state index in [1.807, 2.05) is 19.1 Å². The van der Waals surface area contributed by atoms with Crippen LogP contribution in [-0.2, 0) is 10.0 Å². The fourth-order valence-corrected chi connectivity index (χ4v) is 4.29. The summed E-state index contributed by atoms with van der Waals surface area (Å²) in [6.45, 7) is 2.45. The first-order chi connectivity index (χ1) is 11.5. The predicted octanol–water partition coefficient (Wildman–Crippen LogP) is 3.37. The van der Waals surface area contributed by atoms with Crippen molar-refractivity contribution in [1.82, 2.24) is 4.98 Å². The number of hydrogen-bond donors (Lipinski definition) is 1. The Morgan fingerprint density at radius 2 is 2.12 bits per heavy atom. The highest BCUT2D eigenvalue weighted by Gasteiger charge is 2.17. The number of nitriles is 1. The zero-order valence-corrected chi connectivity index (χ0v) is 14.3. The minimum atomic E-state index is -3.80. The van der Waals surface area contributed by atoms with Gasteiger partial charge in [0.15, 0.2) is 5.13 Å². The van der Waals surface area contributed by atoms with Crippen molar-refractivity contribution in [3.05, 3.63) is 48.0 Å². The smallest absolute Gasteiger partial charge is 0.263 e. The van der Waals surface area contributed by atoms with Crippen LogP contribution < -0.4 is 9.46 Å². The van der Waals surface area contributed by atoms with Crippen LogP contribution in [-0.4, -0.2) is 20.0 Å². The lowest BCUT2D eigenvalue weighted by Gasteiger charge is -2.04. The summed E-state index contributed by atoms with van der Waals surface area (Å²) in [7, 11) is -3.80. The monoisotopic (exact) mass is 359 g/mol.